The summed E-state index contributed by atoms with van der Waals surface area (Å²) in [4.78, 5) is 28.4. The third kappa shape index (κ3) is 4.73. The zero-order chi connectivity index (χ0) is 16.5. The molecule has 0 saturated carbocycles. The molecule has 0 spiro atoms. The SMILES string of the molecule is CCCCN1CC(C(=O)OC)=C(C(=O)OC)N(CCCC)C1. The molecule has 1 aliphatic heterocycles. The Morgan fingerprint density at radius 2 is 1.59 bits per heavy atom. The van der Waals surface area contributed by atoms with E-state index in [1.807, 2.05) is 4.90 Å². The minimum Gasteiger partial charge on any atom is -0.466 e. The van der Waals surface area contributed by atoms with Crippen LogP contribution in [-0.2, 0) is 19.1 Å². The summed E-state index contributed by atoms with van der Waals surface area (Å²) < 4.78 is 9.74. The first-order valence-corrected chi connectivity index (χ1v) is 7.96. The van der Waals surface area contributed by atoms with Crippen LogP contribution in [0.4, 0.5) is 0 Å². The van der Waals surface area contributed by atoms with E-state index in [-0.39, 0.29) is 0 Å². The van der Waals surface area contributed by atoms with Crippen LogP contribution in [0.1, 0.15) is 39.5 Å². The molecule has 0 aromatic heterocycles. The van der Waals surface area contributed by atoms with Gasteiger partial charge in [-0.05, 0) is 12.8 Å². The molecule has 0 aromatic rings. The van der Waals surface area contributed by atoms with Crippen LogP contribution in [0, 0.1) is 0 Å². The third-order valence-corrected chi connectivity index (χ3v) is 3.77. The van der Waals surface area contributed by atoms with Crippen molar-refractivity contribution in [3.05, 3.63) is 11.3 Å². The number of hydrogen-bond donors (Lipinski definition) is 0. The number of unbranched alkanes of at least 4 members (excludes halogenated alkanes) is 2. The van der Waals surface area contributed by atoms with E-state index in [4.69, 9.17) is 9.47 Å². The van der Waals surface area contributed by atoms with Gasteiger partial charge >= 0.3 is 11.9 Å². The van der Waals surface area contributed by atoms with Gasteiger partial charge in [-0.2, -0.15) is 0 Å². The van der Waals surface area contributed by atoms with Crippen molar-refractivity contribution < 1.29 is 19.1 Å². The fraction of sp³-hybridized carbons (Fsp3) is 0.750. The van der Waals surface area contributed by atoms with Crippen molar-refractivity contribution in [3.8, 4) is 0 Å². The summed E-state index contributed by atoms with van der Waals surface area (Å²) in [6, 6.07) is 0. The molecule has 0 unspecified atom stereocenters. The molecule has 0 amide bonds. The highest BCUT2D eigenvalue weighted by molar-refractivity contribution is 6.00. The lowest BCUT2D eigenvalue weighted by Gasteiger charge is -2.38. The van der Waals surface area contributed by atoms with Crippen LogP contribution in [0.25, 0.3) is 0 Å². The van der Waals surface area contributed by atoms with E-state index in [0.717, 1.165) is 38.8 Å². The van der Waals surface area contributed by atoms with Crippen molar-refractivity contribution in [1.29, 1.82) is 0 Å². The van der Waals surface area contributed by atoms with Crippen molar-refractivity contribution in [2.75, 3.05) is 40.5 Å². The van der Waals surface area contributed by atoms with E-state index in [0.29, 0.717) is 24.5 Å². The largest absolute Gasteiger partial charge is 0.466 e. The van der Waals surface area contributed by atoms with E-state index in [2.05, 4.69) is 18.7 Å². The van der Waals surface area contributed by atoms with Crippen molar-refractivity contribution in [1.82, 2.24) is 9.80 Å². The predicted octanol–water partition coefficient (Wildman–Crippen LogP) is 1.76. The standard InChI is InChI=1S/C16H28N2O4/c1-5-7-9-17-11-13(15(19)21-3)14(16(20)22-4)18(12-17)10-8-6-2/h5-12H2,1-4H3. The molecule has 0 aromatic carbocycles. The molecule has 0 saturated heterocycles. The smallest absolute Gasteiger partial charge is 0.354 e. The third-order valence-electron chi connectivity index (χ3n) is 3.77. The maximum Gasteiger partial charge on any atom is 0.354 e. The number of hydrogen-bond acceptors (Lipinski definition) is 6. The normalized spacial score (nSPS) is 15.9. The van der Waals surface area contributed by atoms with Crippen molar-refractivity contribution in [2.45, 2.75) is 39.5 Å². The summed E-state index contributed by atoms with van der Waals surface area (Å²) >= 11 is 0. The molecule has 126 valence electrons. The van der Waals surface area contributed by atoms with Crippen LogP contribution in [-0.4, -0.2) is 62.3 Å². The monoisotopic (exact) mass is 312 g/mol. The summed E-state index contributed by atoms with van der Waals surface area (Å²) in [6.45, 7) is 6.93. The second-order valence-corrected chi connectivity index (χ2v) is 5.47. The maximum absolute atomic E-state index is 12.1. The molecule has 0 aliphatic carbocycles. The van der Waals surface area contributed by atoms with Crippen molar-refractivity contribution >= 4 is 11.9 Å². The number of carbonyl (C=O) groups is 2. The van der Waals surface area contributed by atoms with Crippen LogP contribution in [0.5, 0.6) is 0 Å². The Morgan fingerprint density at radius 3 is 2.14 bits per heavy atom. The van der Waals surface area contributed by atoms with Gasteiger partial charge in [0, 0.05) is 19.6 Å². The van der Waals surface area contributed by atoms with E-state index in [9.17, 15) is 9.59 Å². The van der Waals surface area contributed by atoms with Crippen LogP contribution in [0.2, 0.25) is 0 Å². The number of ether oxygens (including phenoxy) is 2. The number of nitrogens with zero attached hydrogens (tertiary/aromatic N) is 2. The van der Waals surface area contributed by atoms with Crippen LogP contribution >= 0.6 is 0 Å². The Bertz CT molecular complexity index is 420. The first-order valence-electron chi connectivity index (χ1n) is 7.96. The van der Waals surface area contributed by atoms with E-state index >= 15 is 0 Å². The van der Waals surface area contributed by atoms with Gasteiger partial charge in [0.1, 0.15) is 5.70 Å². The molecule has 6 heteroatoms. The second-order valence-electron chi connectivity index (χ2n) is 5.47. The van der Waals surface area contributed by atoms with Crippen molar-refractivity contribution in [2.24, 2.45) is 0 Å². The number of methoxy groups -OCH3 is 2. The van der Waals surface area contributed by atoms with Crippen molar-refractivity contribution in [3.63, 3.8) is 0 Å². The Labute approximate surface area is 133 Å². The molecule has 1 rings (SSSR count). The topological polar surface area (TPSA) is 59.1 Å². The minimum atomic E-state index is -0.466. The van der Waals surface area contributed by atoms with Crippen LogP contribution in [0.3, 0.4) is 0 Å². The fourth-order valence-corrected chi connectivity index (χ4v) is 2.55. The first kappa shape index (κ1) is 18.5. The van der Waals surface area contributed by atoms with Gasteiger partial charge in [0.15, 0.2) is 0 Å². The van der Waals surface area contributed by atoms with Gasteiger partial charge in [-0.15, -0.1) is 0 Å². The molecule has 6 nitrogen and oxygen atoms in total. The van der Waals surface area contributed by atoms with Gasteiger partial charge in [0.05, 0.1) is 26.5 Å². The van der Waals surface area contributed by atoms with E-state index in [1.54, 1.807) is 0 Å². The zero-order valence-corrected chi connectivity index (χ0v) is 14.2. The van der Waals surface area contributed by atoms with Gasteiger partial charge in [-0.3, -0.25) is 4.90 Å². The molecule has 0 atom stereocenters. The van der Waals surface area contributed by atoms with Gasteiger partial charge in [0.25, 0.3) is 0 Å². The highest BCUT2D eigenvalue weighted by atomic mass is 16.5. The molecule has 1 aliphatic rings. The average molecular weight is 312 g/mol. The fourth-order valence-electron chi connectivity index (χ4n) is 2.55. The Hall–Kier alpha value is -1.56. The lowest BCUT2D eigenvalue weighted by Crippen LogP contribution is -2.48. The zero-order valence-electron chi connectivity index (χ0n) is 14.2. The van der Waals surface area contributed by atoms with E-state index < -0.39 is 11.9 Å². The summed E-state index contributed by atoms with van der Waals surface area (Å²) in [5, 5.41) is 0. The van der Waals surface area contributed by atoms with Crippen LogP contribution in [0.15, 0.2) is 11.3 Å². The van der Waals surface area contributed by atoms with Gasteiger partial charge in [-0.1, -0.05) is 26.7 Å². The minimum absolute atomic E-state index is 0.357. The van der Waals surface area contributed by atoms with Gasteiger partial charge < -0.3 is 14.4 Å². The lowest BCUT2D eigenvalue weighted by molar-refractivity contribution is -0.142. The summed E-state index contributed by atoms with van der Waals surface area (Å²) in [5.74, 6) is -0.922. The second kappa shape index (κ2) is 9.46. The molecule has 0 N–H and O–H groups in total. The van der Waals surface area contributed by atoms with Gasteiger partial charge in [-0.25, -0.2) is 9.59 Å². The molecular formula is C16H28N2O4. The number of carbonyl (C=O) groups excluding carboxylic acids is 2. The molecule has 0 fully saturated rings. The highest BCUT2D eigenvalue weighted by Gasteiger charge is 2.33. The molecule has 22 heavy (non-hydrogen) atoms. The lowest BCUT2D eigenvalue weighted by atomic mass is 10.1. The van der Waals surface area contributed by atoms with Crippen LogP contribution < -0.4 is 0 Å². The maximum atomic E-state index is 12.1. The highest BCUT2D eigenvalue weighted by Crippen LogP contribution is 2.22. The molecule has 0 radical (unpaired) electrons. The average Bonchev–Trinajstić information content (AvgIpc) is 2.55. The number of rotatable bonds is 8. The molecular weight excluding hydrogens is 284 g/mol. The summed E-state index contributed by atoms with van der Waals surface area (Å²) in [7, 11) is 2.68. The number of esters is 2. The van der Waals surface area contributed by atoms with E-state index in [1.165, 1.54) is 14.2 Å². The predicted molar refractivity (Wildman–Crippen MR) is 84.0 cm³/mol. The Morgan fingerprint density at radius 1 is 1.00 bits per heavy atom. The Balaban J connectivity index is 3.10. The molecule has 1 heterocycles. The summed E-state index contributed by atoms with van der Waals surface area (Å²) in [5.41, 5.74) is 0.753. The molecule has 0 bridgehead atoms. The quantitative estimate of drug-likeness (QED) is 0.637. The van der Waals surface area contributed by atoms with Gasteiger partial charge in [0.2, 0.25) is 0 Å². The summed E-state index contributed by atoms with van der Waals surface area (Å²) in [6.07, 6.45) is 4.13. The first-order chi connectivity index (χ1) is 10.6. The Kier molecular flexibility index (Phi) is 7.95.